The monoisotopic (exact) mass is 709 g/mol. The highest BCUT2D eigenvalue weighted by atomic mass is 35.5. The molecule has 50 heavy (non-hydrogen) atoms. The number of carboxylic acid groups (broad SMARTS) is 1. The van der Waals surface area contributed by atoms with Gasteiger partial charge in [-0.1, -0.05) is 71.6 Å². The highest BCUT2D eigenvalue weighted by molar-refractivity contribution is 6.36. The lowest BCUT2D eigenvalue weighted by Gasteiger charge is -2.07. The second-order valence-corrected chi connectivity index (χ2v) is 11.7. The lowest BCUT2D eigenvalue weighted by Crippen LogP contribution is -2.13. The molecule has 7 rings (SSSR count). The first-order valence-electron chi connectivity index (χ1n) is 15.4. The molecule has 0 unspecified atom stereocenters. The van der Waals surface area contributed by atoms with Gasteiger partial charge in [0.05, 0.1) is 38.9 Å². The van der Waals surface area contributed by atoms with Crippen molar-refractivity contribution in [3.05, 3.63) is 124 Å². The van der Waals surface area contributed by atoms with E-state index in [2.05, 4.69) is 50.1 Å². The zero-order valence-electron chi connectivity index (χ0n) is 26.7. The Balaban J connectivity index is 0.000000178. The Labute approximate surface area is 295 Å². The molecule has 0 atom stereocenters. The van der Waals surface area contributed by atoms with Gasteiger partial charge in [0.2, 0.25) is 0 Å². The first kappa shape index (κ1) is 33.9. The summed E-state index contributed by atoms with van der Waals surface area (Å²) in [4.78, 5) is 31.8. The van der Waals surface area contributed by atoms with E-state index in [1.165, 1.54) is 35.9 Å². The Morgan fingerprint density at radius 3 is 1.58 bits per heavy atom. The topological polar surface area (TPSA) is 168 Å². The molecule has 4 aromatic carbocycles. The fraction of sp³-hybridized carbons (Fsp3) is 0.111. The van der Waals surface area contributed by atoms with E-state index < -0.39 is 11.9 Å². The second-order valence-electron chi connectivity index (χ2n) is 10.9. The minimum Gasteiger partial charge on any atom is -0.477 e. The van der Waals surface area contributed by atoms with Crippen LogP contribution in [0.15, 0.2) is 101 Å². The zero-order chi connectivity index (χ0) is 35.2. The van der Waals surface area contributed by atoms with Gasteiger partial charge in [-0.3, -0.25) is 4.79 Å². The summed E-state index contributed by atoms with van der Waals surface area (Å²) in [6.07, 6.45) is 6.30. The smallest absolute Gasteiger partial charge is 0.341 e. The van der Waals surface area contributed by atoms with Crippen LogP contribution in [0.5, 0.6) is 0 Å². The molecule has 0 saturated heterocycles. The van der Waals surface area contributed by atoms with Crippen molar-refractivity contribution in [2.45, 2.75) is 26.7 Å². The number of rotatable bonds is 9. The maximum absolute atomic E-state index is 12.7. The predicted molar refractivity (Wildman–Crippen MR) is 193 cm³/mol. The Hall–Kier alpha value is -5.98. The van der Waals surface area contributed by atoms with Crippen LogP contribution in [0.3, 0.4) is 0 Å². The zero-order valence-corrected chi connectivity index (χ0v) is 28.2. The largest absolute Gasteiger partial charge is 0.477 e. The normalized spacial score (nSPS) is 10.8. The first-order chi connectivity index (χ1) is 24.2. The summed E-state index contributed by atoms with van der Waals surface area (Å²) in [6, 6.07) is 22.6. The number of nitrogens with zero attached hydrogens (tertiary/aromatic N) is 4. The highest BCUT2D eigenvalue weighted by Crippen LogP contribution is 2.34. The van der Waals surface area contributed by atoms with Crippen LogP contribution in [0.25, 0.3) is 21.9 Å². The number of carbonyl (C=O) groups is 2. The molecular formula is C36H29Cl2N7O5. The molecule has 14 heteroatoms. The number of carbonyl (C=O) groups excluding carboxylic acids is 1. The van der Waals surface area contributed by atoms with E-state index in [9.17, 15) is 14.7 Å². The number of carboxylic acids is 1. The number of hydrogen-bond acceptors (Lipinski definition) is 10. The number of halogens is 2. The second kappa shape index (κ2) is 15.1. The Morgan fingerprint density at radius 1 is 0.660 bits per heavy atom. The van der Waals surface area contributed by atoms with Gasteiger partial charge in [-0.25, -0.2) is 14.8 Å². The minimum atomic E-state index is -1.15. The highest BCUT2D eigenvalue weighted by Gasteiger charge is 2.22. The molecule has 3 heterocycles. The van der Waals surface area contributed by atoms with Gasteiger partial charge < -0.3 is 30.1 Å². The molecular weight excluding hydrogens is 681 g/mol. The number of anilines is 5. The van der Waals surface area contributed by atoms with Gasteiger partial charge >= 0.3 is 5.97 Å². The van der Waals surface area contributed by atoms with E-state index in [-0.39, 0.29) is 26.8 Å². The molecule has 0 aliphatic carbocycles. The molecule has 0 saturated carbocycles. The van der Waals surface area contributed by atoms with Crippen molar-refractivity contribution in [1.82, 2.24) is 20.3 Å². The number of aryl methyl sites for hydroxylation is 2. The van der Waals surface area contributed by atoms with Crippen LogP contribution in [0, 0.1) is 0 Å². The molecule has 4 N–H and O–H groups in total. The van der Waals surface area contributed by atoms with Gasteiger partial charge in [0.25, 0.3) is 5.91 Å². The molecule has 0 aliphatic rings. The van der Waals surface area contributed by atoms with Gasteiger partial charge in [0.15, 0.2) is 22.8 Å². The summed E-state index contributed by atoms with van der Waals surface area (Å²) < 4.78 is 10.6. The molecule has 0 radical (unpaired) electrons. The average molecular weight is 711 g/mol. The van der Waals surface area contributed by atoms with E-state index in [1.807, 2.05) is 48.5 Å². The molecule has 3 aromatic heterocycles. The Kier molecular flexibility index (Phi) is 10.2. The van der Waals surface area contributed by atoms with Crippen molar-refractivity contribution < 1.29 is 23.7 Å². The molecule has 0 aliphatic heterocycles. The summed E-state index contributed by atoms with van der Waals surface area (Å²) in [5.74, 6) is -0.613. The number of hydrogen-bond donors (Lipinski definition) is 4. The molecule has 0 bridgehead atoms. The van der Waals surface area contributed by atoms with Crippen LogP contribution in [0.4, 0.5) is 28.7 Å². The van der Waals surface area contributed by atoms with Crippen molar-refractivity contribution in [3.63, 3.8) is 0 Å². The summed E-state index contributed by atoms with van der Waals surface area (Å²) >= 11 is 12.2. The first-order valence-corrected chi connectivity index (χ1v) is 16.2. The van der Waals surface area contributed by atoms with Crippen molar-refractivity contribution in [3.8, 4) is 0 Å². The lowest BCUT2D eigenvalue weighted by atomic mass is 10.1. The third kappa shape index (κ3) is 7.36. The quantitative estimate of drug-likeness (QED) is 0.113. The molecule has 0 spiro atoms. The number of aromatic carboxylic acids is 1. The fourth-order valence-corrected chi connectivity index (χ4v) is 5.49. The van der Waals surface area contributed by atoms with Gasteiger partial charge in [0.1, 0.15) is 17.5 Å². The standard InChI is InChI=1S/C20H16ClN5O2.C16H13ClN2O3/c1-2-12-3-5-13(6-4-12)24-19-15-7-8-16(21)17(18(15)28-26-19)20(27)25-14-9-22-11-23-10-14;1-2-9-3-5-10(6-4-9)18-15-11-7-8-12(17)13(16(20)21)14(11)22-19-15/h3-11H,2H2,1H3,(H,24,26)(H,25,27);3-8H,2H2,1H3,(H,18,19)(H,20,21). The average Bonchev–Trinajstić information content (AvgIpc) is 3.72. The van der Waals surface area contributed by atoms with Crippen LogP contribution in [0.2, 0.25) is 10.0 Å². The molecule has 0 fully saturated rings. The third-order valence-electron chi connectivity index (χ3n) is 7.69. The summed E-state index contributed by atoms with van der Waals surface area (Å²) in [6.45, 7) is 4.19. The SMILES string of the molecule is CCc1ccc(Nc2noc3c(C(=O)Nc4cncnc4)c(Cl)ccc23)cc1.CCc1ccc(Nc2noc3c(C(=O)O)c(Cl)ccc23)cc1. The maximum Gasteiger partial charge on any atom is 0.341 e. The van der Waals surface area contributed by atoms with Crippen molar-refractivity contribution in [2.75, 3.05) is 16.0 Å². The number of benzene rings is 4. The van der Waals surface area contributed by atoms with E-state index >= 15 is 0 Å². The summed E-state index contributed by atoms with van der Waals surface area (Å²) in [7, 11) is 0. The number of amides is 1. The van der Waals surface area contributed by atoms with Crippen LogP contribution in [-0.2, 0) is 12.8 Å². The Morgan fingerprint density at radius 2 is 1.12 bits per heavy atom. The third-order valence-corrected chi connectivity index (χ3v) is 8.32. The van der Waals surface area contributed by atoms with Crippen LogP contribution in [0.1, 0.15) is 45.7 Å². The molecule has 252 valence electrons. The van der Waals surface area contributed by atoms with Crippen LogP contribution >= 0.6 is 23.2 Å². The van der Waals surface area contributed by atoms with Crippen LogP contribution < -0.4 is 16.0 Å². The van der Waals surface area contributed by atoms with Gasteiger partial charge in [-0.2, -0.15) is 0 Å². The van der Waals surface area contributed by atoms with Gasteiger partial charge in [-0.05, 0) is 72.5 Å². The summed E-state index contributed by atoms with van der Waals surface area (Å²) in [5.41, 5.74) is 5.22. The van der Waals surface area contributed by atoms with Crippen LogP contribution in [-0.4, -0.2) is 37.3 Å². The fourth-order valence-electron chi connectivity index (χ4n) is 5.03. The molecule has 12 nitrogen and oxygen atoms in total. The minimum absolute atomic E-state index is 0.0824. The molecule has 7 aromatic rings. The van der Waals surface area contributed by atoms with Crippen molar-refractivity contribution in [2.24, 2.45) is 0 Å². The summed E-state index contributed by atoms with van der Waals surface area (Å²) in [5, 5.41) is 27.9. The number of nitrogens with one attached hydrogen (secondary N) is 3. The Bertz CT molecular complexity index is 2290. The lowest BCUT2D eigenvalue weighted by molar-refractivity contribution is 0.0697. The van der Waals surface area contributed by atoms with E-state index in [0.717, 1.165) is 24.2 Å². The van der Waals surface area contributed by atoms with E-state index in [4.69, 9.17) is 32.2 Å². The number of aromatic nitrogens is 4. The van der Waals surface area contributed by atoms with Crippen molar-refractivity contribution in [1.29, 1.82) is 0 Å². The predicted octanol–water partition coefficient (Wildman–Crippen LogP) is 9.31. The van der Waals surface area contributed by atoms with Crippen molar-refractivity contribution >= 4 is 85.7 Å². The van der Waals surface area contributed by atoms with Gasteiger partial charge in [-0.15, -0.1) is 0 Å². The number of fused-ring (bicyclic) bond motifs is 2. The molecule has 1 amide bonds. The van der Waals surface area contributed by atoms with Gasteiger partial charge in [0, 0.05) is 11.4 Å². The maximum atomic E-state index is 12.7. The van der Waals surface area contributed by atoms with E-state index in [1.54, 1.807) is 18.2 Å². The van der Waals surface area contributed by atoms with E-state index in [0.29, 0.717) is 33.7 Å².